The highest BCUT2D eigenvalue weighted by molar-refractivity contribution is 6.00. The van der Waals surface area contributed by atoms with Gasteiger partial charge in [-0.2, -0.15) is 0 Å². The summed E-state index contributed by atoms with van der Waals surface area (Å²) in [7, 11) is 1.64. The molecule has 0 aliphatic carbocycles. The van der Waals surface area contributed by atoms with Gasteiger partial charge in [0, 0.05) is 45.7 Å². The zero-order valence-electron chi connectivity index (χ0n) is 16.7. The van der Waals surface area contributed by atoms with Gasteiger partial charge in [0.1, 0.15) is 17.4 Å². The predicted octanol–water partition coefficient (Wildman–Crippen LogP) is 3.05. The zero-order chi connectivity index (χ0) is 21.5. The Kier molecular flexibility index (Phi) is 7.35. The summed E-state index contributed by atoms with van der Waals surface area (Å²) in [6, 6.07) is 10.4. The molecule has 1 N–H and O–H groups in total. The molecule has 0 unspecified atom stereocenters. The number of amides is 2. The van der Waals surface area contributed by atoms with Gasteiger partial charge in [-0.1, -0.05) is 12.1 Å². The fourth-order valence-corrected chi connectivity index (χ4v) is 3.29. The number of benzene rings is 2. The number of nitrogens with one attached hydrogen (secondary N) is 1. The third-order valence-corrected chi connectivity index (χ3v) is 4.82. The van der Waals surface area contributed by atoms with Gasteiger partial charge in [-0.05, 0) is 29.8 Å². The van der Waals surface area contributed by atoms with Crippen molar-refractivity contribution in [3.8, 4) is 5.75 Å². The van der Waals surface area contributed by atoms with Crippen LogP contribution in [0.1, 0.15) is 18.4 Å². The van der Waals surface area contributed by atoms with Gasteiger partial charge in [-0.3, -0.25) is 9.59 Å². The topological polar surface area (TPSA) is 67.9 Å². The Bertz CT molecular complexity index is 906. The SMILES string of the molecule is COCCCOc1cccc(CNC(=O)[C@@H]2CC(=O)N(c3ccc(F)cc3F)C2)c1. The Morgan fingerprint density at radius 1 is 1.20 bits per heavy atom. The number of anilines is 1. The number of hydrogen-bond donors (Lipinski definition) is 1. The molecule has 0 bridgehead atoms. The molecule has 0 radical (unpaired) electrons. The molecular weight excluding hydrogens is 394 g/mol. The maximum absolute atomic E-state index is 14.0. The smallest absolute Gasteiger partial charge is 0.227 e. The van der Waals surface area contributed by atoms with Crippen molar-refractivity contribution in [3.63, 3.8) is 0 Å². The first-order chi connectivity index (χ1) is 14.5. The Morgan fingerprint density at radius 2 is 2.03 bits per heavy atom. The van der Waals surface area contributed by atoms with Crippen LogP contribution in [0.4, 0.5) is 14.5 Å². The number of nitrogens with zero attached hydrogens (tertiary/aromatic N) is 1. The van der Waals surface area contributed by atoms with Crippen molar-refractivity contribution in [1.82, 2.24) is 5.32 Å². The van der Waals surface area contributed by atoms with Crippen LogP contribution in [0.15, 0.2) is 42.5 Å². The van der Waals surface area contributed by atoms with Crippen molar-refractivity contribution in [2.24, 2.45) is 5.92 Å². The molecule has 1 aliphatic heterocycles. The lowest BCUT2D eigenvalue weighted by molar-refractivity contribution is -0.126. The van der Waals surface area contributed by atoms with Crippen molar-refractivity contribution in [3.05, 3.63) is 59.7 Å². The fraction of sp³-hybridized carbons (Fsp3) is 0.364. The average Bonchev–Trinajstić information content (AvgIpc) is 3.11. The van der Waals surface area contributed by atoms with Crippen LogP contribution < -0.4 is 15.0 Å². The molecule has 1 atom stereocenters. The first-order valence-corrected chi connectivity index (χ1v) is 9.71. The van der Waals surface area contributed by atoms with Crippen LogP contribution >= 0.6 is 0 Å². The largest absolute Gasteiger partial charge is 0.493 e. The molecule has 30 heavy (non-hydrogen) atoms. The third-order valence-electron chi connectivity index (χ3n) is 4.82. The molecule has 2 aromatic carbocycles. The second-order valence-corrected chi connectivity index (χ2v) is 7.06. The van der Waals surface area contributed by atoms with Crippen LogP contribution in [0.25, 0.3) is 0 Å². The van der Waals surface area contributed by atoms with Crippen LogP contribution in [0.5, 0.6) is 5.75 Å². The highest BCUT2D eigenvalue weighted by atomic mass is 19.1. The van der Waals surface area contributed by atoms with E-state index in [9.17, 15) is 18.4 Å². The summed E-state index contributed by atoms with van der Waals surface area (Å²) in [5.41, 5.74) is 0.841. The van der Waals surface area contributed by atoms with E-state index in [1.165, 1.54) is 11.0 Å². The van der Waals surface area contributed by atoms with E-state index in [4.69, 9.17) is 9.47 Å². The number of ether oxygens (including phenoxy) is 2. The van der Waals surface area contributed by atoms with Gasteiger partial charge < -0.3 is 19.7 Å². The predicted molar refractivity (Wildman–Crippen MR) is 107 cm³/mol. The molecule has 2 amide bonds. The molecule has 1 aliphatic rings. The molecule has 1 saturated heterocycles. The van der Waals surface area contributed by atoms with E-state index in [1.807, 2.05) is 24.3 Å². The Balaban J connectivity index is 1.54. The van der Waals surface area contributed by atoms with Gasteiger partial charge in [0.15, 0.2) is 0 Å². The first kappa shape index (κ1) is 21.7. The minimum Gasteiger partial charge on any atom is -0.493 e. The number of hydrogen-bond acceptors (Lipinski definition) is 4. The van der Waals surface area contributed by atoms with Gasteiger partial charge in [0.25, 0.3) is 0 Å². The maximum atomic E-state index is 14.0. The molecule has 160 valence electrons. The molecule has 0 spiro atoms. The van der Waals surface area contributed by atoms with Crippen LogP contribution in [-0.4, -0.2) is 38.7 Å². The first-order valence-electron chi connectivity index (χ1n) is 9.71. The molecule has 1 fully saturated rings. The van der Waals surface area contributed by atoms with Crippen molar-refractivity contribution >= 4 is 17.5 Å². The average molecular weight is 418 g/mol. The van der Waals surface area contributed by atoms with Gasteiger partial charge >= 0.3 is 0 Å². The summed E-state index contributed by atoms with van der Waals surface area (Å²) in [5, 5.41) is 2.81. The number of carbonyl (C=O) groups excluding carboxylic acids is 2. The number of carbonyl (C=O) groups is 2. The highest BCUT2D eigenvalue weighted by Crippen LogP contribution is 2.28. The van der Waals surface area contributed by atoms with Crippen molar-refractivity contribution in [2.45, 2.75) is 19.4 Å². The number of methoxy groups -OCH3 is 1. The molecule has 6 nitrogen and oxygen atoms in total. The highest BCUT2D eigenvalue weighted by Gasteiger charge is 2.36. The lowest BCUT2D eigenvalue weighted by atomic mass is 10.1. The van der Waals surface area contributed by atoms with E-state index in [2.05, 4.69) is 5.32 Å². The third kappa shape index (κ3) is 5.54. The standard InChI is InChI=1S/C22H24F2N2O4/c1-29-8-3-9-30-18-5-2-4-15(10-18)13-25-22(28)16-11-21(27)26(14-16)20-7-6-17(23)12-19(20)24/h2,4-7,10,12,16H,3,8-9,11,13-14H2,1H3,(H,25,28)/t16-/m1/s1. The van der Waals surface area contributed by atoms with E-state index < -0.39 is 17.6 Å². The van der Waals surface area contributed by atoms with Crippen LogP contribution in [-0.2, 0) is 20.9 Å². The maximum Gasteiger partial charge on any atom is 0.227 e. The molecule has 1 heterocycles. The van der Waals surface area contributed by atoms with E-state index in [0.717, 1.165) is 24.1 Å². The van der Waals surface area contributed by atoms with E-state index >= 15 is 0 Å². The molecule has 3 rings (SSSR count). The van der Waals surface area contributed by atoms with Crippen molar-refractivity contribution in [1.29, 1.82) is 0 Å². The number of halogens is 2. The summed E-state index contributed by atoms with van der Waals surface area (Å²) < 4.78 is 37.7. The Morgan fingerprint density at radius 3 is 2.80 bits per heavy atom. The van der Waals surface area contributed by atoms with E-state index in [0.29, 0.717) is 19.0 Å². The minimum absolute atomic E-state index is 0.0185. The summed E-state index contributed by atoms with van der Waals surface area (Å²) >= 11 is 0. The molecule has 8 heteroatoms. The van der Waals surface area contributed by atoms with E-state index in [-0.39, 0.29) is 37.0 Å². The fourth-order valence-electron chi connectivity index (χ4n) is 3.29. The van der Waals surface area contributed by atoms with Gasteiger partial charge in [-0.15, -0.1) is 0 Å². The molecule has 2 aromatic rings. The Labute approximate surface area is 173 Å². The summed E-state index contributed by atoms with van der Waals surface area (Å²) in [6.45, 7) is 1.48. The summed E-state index contributed by atoms with van der Waals surface area (Å²) in [6.07, 6.45) is 0.754. The summed E-state index contributed by atoms with van der Waals surface area (Å²) in [5.74, 6) is -2.11. The lowest BCUT2D eigenvalue weighted by Gasteiger charge is -2.17. The van der Waals surface area contributed by atoms with Crippen LogP contribution in [0.3, 0.4) is 0 Å². The number of rotatable bonds is 9. The second-order valence-electron chi connectivity index (χ2n) is 7.06. The molecule has 0 saturated carbocycles. The van der Waals surface area contributed by atoms with Gasteiger partial charge in [0.05, 0.1) is 18.2 Å². The molecular formula is C22H24F2N2O4. The second kappa shape index (κ2) is 10.2. The monoisotopic (exact) mass is 418 g/mol. The minimum atomic E-state index is -0.827. The van der Waals surface area contributed by atoms with Gasteiger partial charge in [-0.25, -0.2) is 8.78 Å². The van der Waals surface area contributed by atoms with E-state index in [1.54, 1.807) is 7.11 Å². The van der Waals surface area contributed by atoms with Crippen molar-refractivity contribution in [2.75, 3.05) is 31.8 Å². The van der Waals surface area contributed by atoms with Crippen LogP contribution in [0.2, 0.25) is 0 Å². The van der Waals surface area contributed by atoms with Gasteiger partial charge in [0.2, 0.25) is 11.8 Å². The molecule has 0 aromatic heterocycles. The van der Waals surface area contributed by atoms with Crippen LogP contribution in [0, 0.1) is 17.6 Å². The quantitative estimate of drug-likeness (QED) is 0.636. The zero-order valence-corrected chi connectivity index (χ0v) is 16.7. The van der Waals surface area contributed by atoms with Crippen molar-refractivity contribution < 1.29 is 27.8 Å². The lowest BCUT2D eigenvalue weighted by Crippen LogP contribution is -2.32. The summed E-state index contributed by atoms with van der Waals surface area (Å²) in [4.78, 5) is 26.0. The Hall–Kier alpha value is -3.00. The normalized spacial score (nSPS) is 16.0.